The van der Waals surface area contributed by atoms with Crippen LogP contribution in [0.4, 0.5) is 0 Å². The lowest BCUT2D eigenvalue weighted by Crippen LogP contribution is -2.43. The van der Waals surface area contributed by atoms with E-state index in [0.29, 0.717) is 37.1 Å². The highest BCUT2D eigenvalue weighted by atomic mass is 32.2. The van der Waals surface area contributed by atoms with Gasteiger partial charge in [-0.15, -0.1) is 0 Å². The molecule has 86 valence electrons. The van der Waals surface area contributed by atoms with Gasteiger partial charge in [0.05, 0.1) is 0 Å². The molecule has 0 saturated carbocycles. The van der Waals surface area contributed by atoms with E-state index in [4.69, 9.17) is 0 Å². The number of rotatable bonds is 2. The molecule has 0 aromatic rings. The summed E-state index contributed by atoms with van der Waals surface area (Å²) < 4.78 is 11.1. The molecule has 15 heavy (non-hydrogen) atoms. The van der Waals surface area contributed by atoms with E-state index in [0.717, 1.165) is 13.0 Å². The van der Waals surface area contributed by atoms with Crippen molar-refractivity contribution >= 4 is 16.7 Å². The second kappa shape index (κ2) is 5.07. The predicted molar refractivity (Wildman–Crippen MR) is 60.1 cm³/mol. The Hall–Kier alpha value is -0.420. The number of nitrogens with zero attached hydrogens (tertiary/aromatic N) is 1. The van der Waals surface area contributed by atoms with E-state index in [9.17, 15) is 9.00 Å². The molecular formula is C10H18N2O2S. The summed E-state index contributed by atoms with van der Waals surface area (Å²) in [6, 6.07) is 0.380. The molecule has 0 aromatic heterocycles. The number of carbonyl (C=O) groups is 1. The normalized spacial score (nSPS) is 28.3. The highest BCUT2D eigenvalue weighted by Crippen LogP contribution is 2.11. The Kier molecular flexibility index (Phi) is 3.75. The molecule has 2 aliphatic heterocycles. The first-order valence-electron chi connectivity index (χ1n) is 5.62. The molecule has 1 amide bonds. The van der Waals surface area contributed by atoms with E-state index in [1.807, 2.05) is 4.90 Å². The fourth-order valence-electron chi connectivity index (χ4n) is 2.16. The fraction of sp³-hybridized carbons (Fsp3) is 0.900. The number of nitrogens with one attached hydrogen (secondary N) is 1. The Morgan fingerprint density at radius 3 is 2.73 bits per heavy atom. The largest absolute Gasteiger partial charge is 0.341 e. The fourth-order valence-corrected chi connectivity index (χ4v) is 3.21. The van der Waals surface area contributed by atoms with E-state index < -0.39 is 10.8 Å². The molecule has 2 heterocycles. The lowest BCUT2D eigenvalue weighted by atomic mass is 10.1. The van der Waals surface area contributed by atoms with Crippen LogP contribution in [0.1, 0.15) is 19.3 Å². The summed E-state index contributed by atoms with van der Waals surface area (Å²) in [6.07, 6.45) is 2.92. The van der Waals surface area contributed by atoms with Crippen molar-refractivity contribution in [2.45, 2.75) is 25.3 Å². The maximum atomic E-state index is 11.8. The van der Waals surface area contributed by atoms with Crippen molar-refractivity contribution in [3.8, 4) is 0 Å². The summed E-state index contributed by atoms with van der Waals surface area (Å²) in [6.45, 7) is 2.40. The van der Waals surface area contributed by atoms with Crippen molar-refractivity contribution in [3.63, 3.8) is 0 Å². The summed E-state index contributed by atoms with van der Waals surface area (Å²) in [4.78, 5) is 13.7. The van der Waals surface area contributed by atoms with Crippen LogP contribution >= 0.6 is 0 Å². The zero-order valence-electron chi connectivity index (χ0n) is 8.91. The quantitative estimate of drug-likeness (QED) is 0.710. The Labute approximate surface area is 92.9 Å². The maximum Gasteiger partial charge on any atom is 0.224 e. The van der Waals surface area contributed by atoms with Crippen LogP contribution in [0.15, 0.2) is 0 Å². The van der Waals surface area contributed by atoms with Crippen LogP contribution in [0.25, 0.3) is 0 Å². The van der Waals surface area contributed by atoms with Crippen molar-refractivity contribution in [1.29, 1.82) is 0 Å². The summed E-state index contributed by atoms with van der Waals surface area (Å²) in [5.41, 5.74) is 0. The number of amides is 1. The third-order valence-electron chi connectivity index (χ3n) is 3.11. The van der Waals surface area contributed by atoms with Crippen LogP contribution in [0, 0.1) is 0 Å². The van der Waals surface area contributed by atoms with Gasteiger partial charge in [0.25, 0.3) is 0 Å². The van der Waals surface area contributed by atoms with Crippen molar-refractivity contribution in [3.05, 3.63) is 0 Å². The van der Waals surface area contributed by atoms with Gasteiger partial charge in [-0.25, -0.2) is 0 Å². The van der Waals surface area contributed by atoms with Crippen LogP contribution in [0.2, 0.25) is 0 Å². The van der Waals surface area contributed by atoms with Crippen molar-refractivity contribution in [2.24, 2.45) is 0 Å². The summed E-state index contributed by atoms with van der Waals surface area (Å²) in [7, 11) is -0.691. The van der Waals surface area contributed by atoms with Crippen LogP contribution in [-0.4, -0.2) is 52.2 Å². The van der Waals surface area contributed by atoms with Gasteiger partial charge >= 0.3 is 0 Å². The molecule has 2 fully saturated rings. The maximum absolute atomic E-state index is 11.8. The van der Waals surface area contributed by atoms with Crippen LogP contribution in [-0.2, 0) is 15.6 Å². The summed E-state index contributed by atoms with van der Waals surface area (Å²) in [5, 5.41) is 3.33. The van der Waals surface area contributed by atoms with Gasteiger partial charge < -0.3 is 10.2 Å². The third kappa shape index (κ3) is 3.01. The minimum Gasteiger partial charge on any atom is -0.341 e. The monoisotopic (exact) mass is 230 g/mol. The van der Waals surface area contributed by atoms with E-state index in [-0.39, 0.29) is 5.91 Å². The van der Waals surface area contributed by atoms with Gasteiger partial charge in [0, 0.05) is 47.9 Å². The second-order valence-corrected chi connectivity index (χ2v) is 5.92. The molecule has 0 aliphatic carbocycles. The molecule has 2 aliphatic rings. The van der Waals surface area contributed by atoms with E-state index in [1.54, 1.807) is 0 Å². The van der Waals surface area contributed by atoms with Crippen molar-refractivity contribution in [2.75, 3.05) is 31.1 Å². The zero-order chi connectivity index (χ0) is 10.7. The average molecular weight is 230 g/mol. The summed E-state index contributed by atoms with van der Waals surface area (Å²) in [5.74, 6) is 1.54. The standard InChI is InChI=1S/C10H18N2O2S/c13-10(8-9-2-1-3-11-9)12-4-6-15(14)7-5-12/h9,11H,1-8H2. The predicted octanol–water partition coefficient (Wildman–Crippen LogP) is -0.281. The van der Waals surface area contributed by atoms with Gasteiger partial charge in [-0.05, 0) is 19.4 Å². The van der Waals surface area contributed by atoms with Crippen molar-refractivity contribution < 1.29 is 9.00 Å². The average Bonchev–Trinajstić information content (AvgIpc) is 2.71. The first-order chi connectivity index (χ1) is 7.25. The molecule has 0 spiro atoms. The SMILES string of the molecule is O=C(CC1CCCN1)N1CCS(=O)CC1. The van der Waals surface area contributed by atoms with Gasteiger partial charge in [-0.3, -0.25) is 9.00 Å². The Balaban J connectivity index is 1.77. The minimum atomic E-state index is -0.691. The molecule has 0 radical (unpaired) electrons. The lowest BCUT2D eigenvalue weighted by molar-refractivity contribution is -0.131. The Morgan fingerprint density at radius 1 is 1.40 bits per heavy atom. The molecule has 4 nitrogen and oxygen atoms in total. The summed E-state index contributed by atoms with van der Waals surface area (Å²) >= 11 is 0. The van der Waals surface area contributed by atoms with Crippen LogP contribution in [0.5, 0.6) is 0 Å². The molecule has 1 atom stereocenters. The molecule has 0 bridgehead atoms. The molecule has 2 rings (SSSR count). The van der Waals surface area contributed by atoms with Crippen molar-refractivity contribution in [1.82, 2.24) is 10.2 Å². The first-order valence-corrected chi connectivity index (χ1v) is 7.10. The van der Waals surface area contributed by atoms with Crippen LogP contribution in [0.3, 0.4) is 0 Å². The van der Waals surface area contributed by atoms with Crippen LogP contribution < -0.4 is 5.32 Å². The van der Waals surface area contributed by atoms with E-state index in [1.165, 1.54) is 6.42 Å². The lowest BCUT2D eigenvalue weighted by Gasteiger charge is -2.27. The van der Waals surface area contributed by atoms with Gasteiger partial charge in [0.2, 0.25) is 5.91 Å². The Morgan fingerprint density at radius 2 is 2.13 bits per heavy atom. The molecular weight excluding hydrogens is 212 g/mol. The molecule has 1 N–H and O–H groups in total. The van der Waals surface area contributed by atoms with Gasteiger partial charge in [0.1, 0.15) is 0 Å². The highest BCUT2D eigenvalue weighted by Gasteiger charge is 2.24. The van der Waals surface area contributed by atoms with Gasteiger partial charge in [0.15, 0.2) is 0 Å². The number of hydrogen-bond donors (Lipinski definition) is 1. The highest BCUT2D eigenvalue weighted by molar-refractivity contribution is 7.85. The van der Waals surface area contributed by atoms with Gasteiger partial charge in [-0.1, -0.05) is 0 Å². The minimum absolute atomic E-state index is 0.228. The molecule has 1 unspecified atom stereocenters. The second-order valence-electron chi connectivity index (χ2n) is 4.23. The third-order valence-corrected chi connectivity index (χ3v) is 4.39. The zero-order valence-corrected chi connectivity index (χ0v) is 9.72. The van der Waals surface area contributed by atoms with E-state index >= 15 is 0 Å². The molecule has 0 aromatic carbocycles. The first kappa shape index (κ1) is 11.1. The topological polar surface area (TPSA) is 49.4 Å². The smallest absolute Gasteiger partial charge is 0.224 e. The number of hydrogen-bond acceptors (Lipinski definition) is 3. The molecule has 2 saturated heterocycles. The van der Waals surface area contributed by atoms with E-state index in [2.05, 4.69) is 5.32 Å². The molecule has 5 heteroatoms. The van der Waals surface area contributed by atoms with Gasteiger partial charge in [-0.2, -0.15) is 0 Å². The Bertz CT molecular complexity index is 254. The number of carbonyl (C=O) groups excluding carboxylic acids is 1.